The van der Waals surface area contributed by atoms with E-state index in [9.17, 15) is 0 Å². The SMILES string of the molecule is CCCC1CNC(CC)CN1C1CCCCCC1. The molecule has 0 bridgehead atoms. The Morgan fingerprint density at radius 3 is 2.39 bits per heavy atom. The third-order valence-electron chi connectivity index (χ3n) is 4.95. The van der Waals surface area contributed by atoms with Crippen LogP contribution >= 0.6 is 0 Å². The zero-order valence-electron chi connectivity index (χ0n) is 12.5. The van der Waals surface area contributed by atoms with Gasteiger partial charge in [-0.05, 0) is 25.7 Å². The monoisotopic (exact) mass is 252 g/mol. The maximum Gasteiger partial charge on any atom is 0.0224 e. The van der Waals surface area contributed by atoms with Crippen LogP contribution in [0.5, 0.6) is 0 Å². The normalized spacial score (nSPS) is 32.3. The Morgan fingerprint density at radius 1 is 1.06 bits per heavy atom. The highest BCUT2D eigenvalue weighted by molar-refractivity contribution is 4.89. The van der Waals surface area contributed by atoms with Gasteiger partial charge in [-0.3, -0.25) is 4.90 Å². The zero-order valence-corrected chi connectivity index (χ0v) is 12.5. The van der Waals surface area contributed by atoms with Gasteiger partial charge in [-0.2, -0.15) is 0 Å². The van der Waals surface area contributed by atoms with Crippen molar-refractivity contribution in [3.8, 4) is 0 Å². The second-order valence-corrected chi connectivity index (χ2v) is 6.30. The molecule has 1 saturated carbocycles. The first-order valence-corrected chi connectivity index (χ1v) is 8.34. The molecule has 2 nitrogen and oxygen atoms in total. The summed E-state index contributed by atoms with van der Waals surface area (Å²) < 4.78 is 0. The molecule has 0 aromatic heterocycles. The van der Waals surface area contributed by atoms with E-state index in [1.807, 2.05) is 0 Å². The molecule has 2 heteroatoms. The Labute approximate surface area is 114 Å². The number of nitrogens with zero attached hydrogens (tertiary/aromatic N) is 1. The summed E-state index contributed by atoms with van der Waals surface area (Å²) >= 11 is 0. The van der Waals surface area contributed by atoms with Gasteiger partial charge in [0.25, 0.3) is 0 Å². The Balaban J connectivity index is 1.98. The van der Waals surface area contributed by atoms with Crippen LogP contribution in [0.4, 0.5) is 0 Å². The largest absolute Gasteiger partial charge is 0.311 e. The van der Waals surface area contributed by atoms with Gasteiger partial charge in [0.1, 0.15) is 0 Å². The summed E-state index contributed by atoms with van der Waals surface area (Å²) in [4.78, 5) is 2.89. The molecular formula is C16H32N2. The number of piperazine rings is 1. The van der Waals surface area contributed by atoms with Gasteiger partial charge >= 0.3 is 0 Å². The van der Waals surface area contributed by atoms with Crippen LogP contribution in [-0.4, -0.2) is 36.1 Å². The predicted octanol–water partition coefficient (Wildman–Crippen LogP) is 3.56. The van der Waals surface area contributed by atoms with E-state index in [2.05, 4.69) is 24.1 Å². The van der Waals surface area contributed by atoms with E-state index in [0.717, 1.165) is 18.1 Å². The number of hydrogen-bond donors (Lipinski definition) is 1. The lowest BCUT2D eigenvalue weighted by Crippen LogP contribution is -2.59. The van der Waals surface area contributed by atoms with Gasteiger partial charge in [0.05, 0.1) is 0 Å². The van der Waals surface area contributed by atoms with E-state index in [4.69, 9.17) is 0 Å². The first-order valence-electron chi connectivity index (χ1n) is 8.34. The lowest BCUT2D eigenvalue weighted by molar-refractivity contribution is 0.0668. The molecule has 2 aliphatic rings. The third kappa shape index (κ3) is 3.71. The van der Waals surface area contributed by atoms with Crippen LogP contribution in [0, 0.1) is 0 Å². The standard InChI is InChI=1S/C16H32N2/c1-3-9-16-12-17-14(4-2)13-18(16)15-10-7-5-6-8-11-15/h14-17H,3-13H2,1-2H3. The molecule has 0 radical (unpaired) electrons. The topological polar surface area (TPSA) is 15.3 Å². The fourth-order valence-electron chi connectivity index (χ4n) is 3.80. The van der Waals surface area contributed by atoms with Gasteiger partial charge in [0, 0.05) is 31.2 Å². The van der Waals surface area contributed by atoms with Crippen molar-refractivity contribution in [1.82, 2.24) is 10.2 Å². The molecule has 0 aromatic rings. The molecule has 106 valence electrons. The first kappa shape index (κ1) is 14.3. The van der Waals surface area contributed by atoms with Gasteiger partial charge in [-0.25, -0.2) is 0 Å². The summed E-state index contributed by atoms with van der Waals surface area (Å²) in [7, 11) is 0. The highest BCUT2D eigenvalue weighted by atomic mass is 15.3. The Kier molecular flexibility index (Phi) is 5.97. The van der Waals surface area contributed by atoms with Crippen molar-refractivity contribution in [2.24, 2.45) is 0 Å². The van der Waals surface area contributed by atoms with Crippen molar-refractivity contribution in [3.05, 3.63) is 0 Å². The highest BCUT2D eigenvalue weighted by Gasteiger charge is 2.31. The Morgan fingerprint density at radius 2 is 1.78 bits per heavy atom. The van der Waals surface area contributed by atoms with Crippen LogP contribution in [-0.2, 0) is 0 Å². The fraction of sp³-hybridized carbons (Fsp3) is 1.00. The maximum absolute atomic E-state index is 3.75. The minimum absolute atomic E-state index is 0.737. The molecule has 1 aliphatic heterocycles. The molecule has 0 aromatic carbocycles. The second-order valence-electron chi connectivity index (χ2n) is 6.30. The second kappa shape index (κ2) is 7.49. The lowest BCUT2D eigenvalue weighted by atomic mass is 9.97. The maximum atomic E-state index is 3.75. The predicted molar refractivity (Wildman–Crippen MR) is 79.0 cm³/mol. The van der Waals surface area contributed by atoms with Crippen molar-refractivity contribution >= 4 is 0 Å². The van der Waals surface area contributed by atoms with Gasteiger partial charge in [0.2, 0.25) is 0 Å². The number of rotatable bonds is 4. The molecule has 18 heavy (non-hydrogen) atoms. The molecule has 1 N–H and O–H groups in total. The number of hydrogen-bond acceptors (Lipinski definition) is 2. The summed E-state index contributed by atoms with van der Waals surface area (Å²) in [6, 6.07) is 2.43. The molecule has 1 heterocycles. The van der Waals surface area contributed by atoms with Gasteiger partial charge in [0.15, 0.2) is 0 Å². The van der Waals surface area contributed by atoms with Crippen LogP contribution in [0.25, 0.3) is 0 Å². The molecular weight excluding hydrogens is 220 g/mol. The molecule has 2 unspecified atom stereocenters. The van der Waals surface area contributed by atoms with Crippen molar-refractivity contribution in [2.75, 3.05) is 13.1 Å². The summed E-state index contributed by atoms with van der Waals surface area (Å²) in [6.45, 7) is 7.18. The van der Waals surface area contributed by atoms with Gasteiger partial charge in [-0.1, -0.05) is 46.0 Å². The van der Waals surface area contributed by atoms with Crippen LogP contribution in [0.1, 0.15) is 71.6 Å². The van der Waals surface area contributed by atoms with E-state index in [0.29, 0.717) is 0 Å². The van der Waals surface area contributed by atoms with Crippen molar-refractivity contribution in [1.29, 1.82) is 0 Å². The molecule has 1 saturated heterocycles. The first-order chi connectivity index (χ1) is 8.85. The van der Waals surface area contributed by atoms with E-state index < -0.39 is 0 Å². The van der Waals surface area contributed by atoms with Crippen molar-refractivity contribution < 1.29 is 0 Å². The van der Waals surface area contributed by atoms with E-state index >= 15 is 0 Å². The van der Waals surface area contributed by atoms with Crippen LogP contribution < -0.4 is 5.32 Å². The summed E-state index contributed by atoms with van der Waals surface area (Å²) in [5, 5.41) is 3.75. The average molecular weight is 252 g/mol. The molecule has 0 spiro atoms. The Hall–Kier alpha value is -0.0800. The molecule has 1 aliphatic carbocycles. The van der Waals surface area contributed by atoms with E-state index in [1.165, 1.54) is 70.9 Å². The smallest absolute Gasteiger partial charge is 0.0224 e. The third-order valence-corrected chi connectivity index (χ3v) is 4.95. The minimum Gasteiger partial charge on any atom is -0.311 e. The minimum atomic E-state index is 0.737. The number of nitrogens with one attached hydrogen (secondary N) is 1. The molecule has 0 amide bonds. The Bertz CT molecular complexity index is 221. The van der Waals surface area contributed by atoms with Gasteiger partial charge in [-0.15, -0.1) is 0 Å². The zero-order chi connectivity index (χ0) is 12.8. The molecule has 2 fully saturated rings. The molecule has 2 rings (SSSR count). The van der Waals surface area contributed by atoms with Crippen molar-refractivity contribution in [2.45, 2.75) is 89.8 Å². The fourth-order valence-corrected chi connectivity index (χ4v) is 3.80. The van der Waals surface area contributed by atoms with E-state index in [1.54, 1.807) is 0 Å². The lowest BCUT2D eigenvalue weighted by Gasteiger charge is -2.44. The molecule has 2 atom stereocenters. The van der Waals surface area contributed by atoms with Gasteiger partial charge < -0.3 is 5.32 Å². The summed E-state index contributed by atoms with van der Waals surface area (Å²) in [5.74, 6) is 0. The highest BCUT2D eigenvalue weighted by Crippen LogP contribution is 2.26. The van der Waals surface area contributed by atoms with Crippen LogP contribution in [0.2, 0.25) is 0 Å². The quantitative estimate of drug-likeness (QED) is 0.770. The van der Waals surface area contributed by atoms with Crippen LogP contribution in [0.3, 0.4) is 0 Å². The van der Waals surface area contributed by atoms with Crippen LogP contribution in [0.15, 0.2) is 0 Å². The van der Waals surface area contributed by atoms with E-state index in [-0.39, 0.29) is 0 Å². The summed E-state index contributed by atoms with van der Waals surface area (Å²) in [5.41, 5.74) is 0. The van der Waals surface area contributed by atoms with Crippen molar-refractivity contribution in [3.63, 3.8) is 0 Å². The average Bonchev–Trinajstić information content (AvgIpc) is 2.68. The summed E-state index contributed by atoms with van der Waals surface area (Å²) in [6.07, 6.45) is 12.8.